The molecule has 3 amide bonds. The van der Waals surface area contributed by atoms with Crippen LogP contribution in [-0.2, 0) is 16.1 Å². The number of piperidine rings is 2. The molecule has 5 rings (SSSR count). The number of nitrogens with zero attached hydrogens (tertiary/aromatic N) is 2. The van der Waals surface area contributed by atoms with Crippen LogP contribution in [0.2, 0.25) is 0 Å². The van der Waals surface area contributed by atoms with Crippen LogP contribution >= 0.6 is 0 Å². The Morgan fingerprint density at radius 1 is 1.13 bits per heavy atom. The summed E-state index contributed by atoms with van der Waals surface area (Å²) < 4.78 is 6.26. The van der Waals surface area contributed by atoms with Gasteiger partial charge in [0.05, 0.1) is 6.54 Å². The lowest BCUT2D eigenvalue weighted by atomic mass is 10.0. The van der Waals surface area contributed by atoms with Gasteiger partial charge in [0.15, 0.2) is 0 Å². The van der Waals surface area contributed by atoms with E-state index in [2.05, 4.69) is 22.1 Å². The molecule has 3 aliphatic heterocycles. The lowest BCUT2D eigenvalue weighted by Gasteiger charge is -2.31. The monoisotopic (exact) mass is 421 g/mol. The van der Waals surface area contributed by atoms with Crippen molar-refractivity contribution in [3.8, 4) is 17.6 Å². The third-order valence-corrected chi connectivity index (χ3v) is 6.45. The first-order valence-corrected chi connectivity index (χ1v) is 11.2. The van der Waals surface area contributed by atoms with Gasteiger partial charge in [-0.25, -0.2) is 0 Å². The van der Waals surface area contributed by atoms with Gasteiger partial charge in [0.2, 0.25) is 11.8 Å². The number of carbonyl (C=O) groups is 3. The van der Waals surface area contributed by atoms with Crippen molar-refractivity contribution < 1.29 is 19.1 Å². The van der Waals surface area contributed by atoms with Gasteiger partial charge in [-0.3, -0.25) is 24.6 Å². The van der Waals surface area contributed by atoms with E-state index in [-0.39, 0.29) is 30.2 Å². The summed E-state index contributed by atoms with van der Waals surface area (Å²) in [6.45, 7) is 3.08. The van der Waals surface area contributed by atoms with E-state index in [0.29, 0.717) is 24.4 Å². The van der Waals surface area contributed by atoms with Crippen molar-refractivity contribution in [1.82, 2.24) is 15.1 Å². The molecule has 1 saturated carbocycles. The number of hydrogen-bond donors (Lipinski definition) is 1. The molecule has 31 heavy (non-hydrogen) atoms. The Balaban J connectivity index is 1.21. The molecule has 4 aliphatic rings. The first-order chi connectivity index (χ1) is 15.1. The second-order valence-electron chi connectivity index (χ2n) is 8.93. The quantitative estimate of drug-likeness (QED) is 0.592. The fourth-order valence-corrected chi connectivity index (χ4v) is 4.60. The zero-order valence-electron chi connectivity index (χ0n) is 17.6. The van der Waals surface area contributed by atoms with Crippen LogP contribution in [0.1, 0.15) is 54.4 Å². The standard InChI is InChI=1S/C24H27N3O4/c28-22-10-9-21(23(29)25-22)27-14-17-13-18(7-8-20(17)24(27)30)31-19-4-2-12-26(15-19)11-1-3-16-5-6-16/h7-8,13,16,19,21H,2,4-6,9-12,14-15H2,(H,25,28,29)/t19-,21?/m1/s1. The highest BCUT2D eigenvalue weighted by Crippen LogP contribution is 2.31. The van der Waals surface area contributed by atoms with Gasteiger partial charge >= 0.3 is 0 Å². The summed E-state index contributed by atoms with van der Waals surface area (Å²) >= 11 is 0. The maximum absolute atomic E-state index is 12.8. The highest BCUT2D eigenvalue weighted by atomic mass is 16.5. The van der Waals surface area contributed by atoms with Crippen LogP contribution in [0.15, 0.2) is 18.2 Å². The summed E-state index contributed by atoms with van der Waals surface area (Å²) in [5.74, 6) is 7.19. The number of fused-ring (bicyclic) bond motifs is 1. The van der Waals surface area contributed by atoms with E-state index in [0.717, 1.165) is 43.8 Å². The molecule has 0 spiro atoms. The number of nitrogens with one attached hydrogen (secondary N) is 1. The minimum atomic E-state index is -0.592. The minimum Gasteiger partial charge on any atom is -0.489 e. The lowest BCUT2D eigenvalue weighted by molar-refractivity contribution is -0.136. The molecule has 1 unspecified atom stereocenters. The molecule has 0 radical (unpaired) electrons. The molecule has 162 valence electrons. The van der Waals surface area contributed by atoms with Crippen LogP contribution in [0.3, 0.4) is 0 Å². The van der Waals surface area contributed by atoms with Crippen LogP contribution in [-0.4, -0.2) is 59.3 Å². The Labute approximate surface area is 182 Å². The van der Waals surface area contributed by atoms with Crippen LogP contribution in [0.5, 0.6) is 5.75 Å². The zero-order chi connectivity index (χ0) is 21.4. The molecule has 3 fully saturated rings. The molecule has 3 heterocycles. The number of rotatable bonds is 4. The third-order valence-electron chi connectivity index (χ3n) is 6.45. The summed E-state index contributed by atoms with van der Waals surface area (Å²) in [6.07, 6.45) is 5.33. The van der Waals surface area contributed by atoms with Crippen molar-refractivity contribution >= 4 is 17.7 Å². The number of imide groups is 1. The van der Waals surface area contributed by atoms with Crippen molar-refractivity contribution in [2.75, 3.05) is 19.6 Å². The smallest absolute Gasteiger partial charge is 0.255 e. The molecule has 1 aromatic carbocycles. The Hall–Kier alpha value is -2.85. The van der Waals surface area contributed by atoms with Crippen molar-refractivity contribution in [1.29, 1.82) is 0 Å². The summed E-state index contributed by atoms with van der Waals surface area (Å²) in [5.41, 5.74) is 1.48. The van der Waals surface area contributed by atoms with Crippen molar-refractivity contribution in [3.63, 3.8) is 0 Å². The molecule has 7 heteroatoms. The summed E-state index contributed by atoms with van der Waals surface area (Å²) in [4.78, 5) is 40.4. The first kappa shape index (κ1) is 20.1. The molecular weight excluding hydrogens is 394 g/mol. The fourth-order valence-electron chi connectivity index (χ4n) is 4.60. The van der Waals surface area contributed by atoms with Gasteiger partial charge in [0, 0.05) is 31.0 Å². The Morgan fingerprint density at radius 2 is 2.00 bits per heavy atom. The Morgan fingerprint density at radius 3 is 2.81 bits per heavy atom. The van der Waals surface area contributed by atoms with Crippen LogP contribution in [0.25, 0.3) is 0 Å². The average molecular weight is 421 g/mol. The normalized spacial score (nSPS) is 26.2. The predicted molar refractivity (Wildman–Crippen MR) is 113 cm³/mol. The zero-order valence-corrected chi connectivity index (χ0v) is 17.6. The van der Waals surface area contributed by atoms with E-state index in [1.165, 1.54) is 12.8 Å². The van der Waals surface area contributed by atoms with E-state index in [9.17, 15) is 14.4 Å². The molecule has 1 N–H and O–H groups in total. The number of carbonyl (C=O) groups excluding carboxylic acids is 3. The molecule has 7 nitrogen and oxygen atoms in total. The van der Waals surface area contributed by atoms with Gasteiger partial charge in [-0.15, -0.1) is 0 Å². The highest BCUT2D eigenvalue weighted by molar-refractivity contribution is 6.05. The summed E-state index contributed by atoms with van der Waals surface area (Å²) in [7, 11) is 0. The number of likely N-dealkylation sites (tertiary alicyclic amines) is 1. The van der Waals surface area contributed by atoms with E-state index >= 15 is 0 Å². The predicted octanol–water partition coefficient (Wildman–Crippen LogP) is 1.70. The molecular formula is C24H27N3O4. The number of hydrogen-bond acceptors (Lipinski definition) is 5. The second kappa shape index (κ2) is 8.35. The SMILES string of the molecule is O=C1CCC(N2Cc3cc(O[C@@H]4CCCN(CC#CC5CC5)C4)ccc3C2=O)C(=O)N1. The Kier molecular flexibility index (Phi) is 5.41. The first-order valence-electron chi connectivity index (χ1n) is 11.2. The van der Waals surface area contributed by atoms with Gasteiger partial charge in [-0.1, -0.05) is 11.8 Å². The molecule has 1 aromatic rings. The molecule has 0 aromatic heterocycles. The lowest BCUT2D eigenvalue weighted by Crippen LogP contribution is -2.52. The summed E-state index contributed by atoms with van der Waals surface area (Å²) in [5, 5.41) is 2.34. The fraction of sp³-hybridized carbons (Fsp3) is 0.542. The highest BCUT2D eigenvalue weighted by Gasteiger charge is 2.39. The Bertz CT molecular complexity index is 975. The average Bonchev–Trinajstić information content (AvgIpc) is 3.51. The van der Waals surface area contributed by atoms with E-state index in [1.807, 2.05) is 12.1 Å². The summed E-state index contributed by atoms with van der Waals surface area (Å²) in [6, 6.07) is 4.97. The second-order valence-corrected chi connectivity index (χ2v) is 8.93. The van der Waals surface area contributed by atoms with Crippen LogP contribution < -0.4 is 10.1 Å². The van der Waals surface area contributed by atoms with Gasteiger partial charge in [0.25, 0.3) is 5.91 Å². The van der Waals surface area contributed by atoms with Gasteiger partial charge in [-0.05, 0) is 62.4 Å². The van der Waals surface area contributed by atoms with E-state index < -0.39 is 6.04 Å². The number of ether oxygens (including phenoxy) is 1. The number of benzene rings is 1. The van der Waals surface area contributed by atoms with Crippen LogP contribution in [0.4, 0.5) is 0 Å². The van der Waals surface area contributed by atoms with Gasteiger partial charge in [0.1, 0.15) is 17.9 Å². The molecule has 1 aliphatic carbocycles. The van der Waals surface area contributed by atoms with Crippen molar-refractivity contribution in [2.24, 2.45) is 5.92 Å². The largest absolute Gasteiger partial charge is 0.489 e. The number of amides is 3. The van der Waals surface area contributed by atoms with Gasteiger partial charge < -0.3 is 9.64 Å². The maximum Gasteiger partial charge on any atom is 0.255 e. The molecule has 0 bridgehead atoms. The topological polar surface area (TPSA) is 79.0 Å². The van der Waals surface area contributed by atoms with Crippen LogP contribution in [0, 0.1) is 17.8 Å². The van der Waals surface area contributed by atoms with E-state index in [1.54, 1.807) is 11.0 Å². The van der Waals surface area contributed by atoms with Crippen molar-refractivity contribution in [2.45, 2.75) is 57.2 Å². The minimum absolute atomic E-state index is 0.109. The third kappa shape index (κ3) is 4.45. The van der Waals surface area contributed by atoms with E-state index in [4.69, 9.17) is 4.74 Å². The maximum atomic E-state index is 12.8. The molecule has 2 atom stereocenters. The molecule has 2 saturated heterocycles. The van der Waals surface area contributed by atoms with Gasteiger partial charge in [-0.2, -0.15) is 0 Å². The van der Waals surface area contributed by atoms with Crippen molar-refractivity contribution in [3.05, 3.63) is 29.3 Å².